The molecule has 1 aromatic carbocycles. The normalized spacial score (nSPS) is 10.0. The lowest BCUT2D eigenvalue weighted by Crippen LogP contribution is -2.09. The third-order valence-electron chi connectivity index (χ3n) is 2.95. The maximum Gasteiger partial charge on any atom is 0.203 e. The van der Waals surface area contributed by atoms with E-state index in [1.165, 1.54) is 11.3 Å². The van der Waals surface area contributed by atoms with E-state index in [-0.39, 0.29) is 0 Å². The topological polar surface area (TPSA) is 52.2 Å². The number of rotatable bonds is 4. The summed E-state index contributed by atoms with van der Waals surface area (Å²) in [6.07, 6.45) is 0. The highest BCUT2D eigenvalue weighted by molar-refractivity contribution is 5.59. The summed E-state index contributed by atoms with van der Waals surface area (Å²) in [6.45, 7) is 2.64. The molecule has 98 valence electrons. The fraction of sp³-hybridized carbons (Fsp3) is 0.267. The van der Waals surface area contributed by atoms with Crippen molar-refractivity contribution in [2.24, 2.45) is 0 Å². The van der Waals surface area contributed by atoms with Crippen LogP contribution in [0, 0.1) is 18.3 Å². The summed E-state index contributed by atoms with van der Waals surface area (Å²) in [7, 11) is 4.04. The van der Waals surface area contributed by atoms with E-state index in [1.807, 2.05) is 26.2 Å². The molecule has 0 saturated heterocycles. The van der Waals surface area contributed by atoms with Crippen LogP contribution in [0.15, 0.2) is 34.7 Å². The van der Waals surface area contributed by atoms with Gasteiger partial charge in [0.15, 0.2) is 0 Å². The molecule has 0 aliphatic rings. The van der Waals surface area contributed by atoms with Gasteiger partial charge in [0.25, 0.3) is 0 Å². The summed E-state index contributed by atoms with van der Waals surface area (Å²) in [4.78, 5) is 2.07. The average Bonchev–Trinajstić information content (AvgIpc) is 2.85. The van der Waals surface area contributed by atoms with Gasteiger partial charge in [-0.25, -0.2) is 0 Å². The van der Waals surface area contributed by atoms with Gasteiger partial charge in [-0.1, -0.05) is 0 Å². The minimum Gasteiger partial charge on any atom is -0.449 e. The lowest BCUT2D eigenvalue weighted by molar-refractivity contribution is 0.506. The molecule has 1 N–H and O–H groups in total. The minimum atomic E-state index is 0.344. The van der Waals surface area contributed by atoms with Crippen LogP contribution in [-0.2, 0) is 6.54 Å². The molecule has 0 amide bonds. The van der Waals surface area contributed by atoms with Gasteiger partial charge >= 0.3 is 0 Å². The fourth-order valence-corrected chi connectivity index (χ4v) is 1.84. The number of hydrogen-bond donors (Lipinski definition) is 1. The summed E-state index contributed by atoms with van der Waals surface area (Å²) in [6, 6.07) is 11.7. The number of benzene rings is 1. The molecule has 19 heavy (non-hydrogen) atoms. The Morgan fingerprint density at radius 1 is 1.26 bits per heavy atom. The number of anilines is 2. The van der Waals surface area contributed by atoms with Crippen molar-refractivity contribution in [2.75, 3.05) is 24.3 Å². The number of hydrogen-bond acceptors (Lipinski definition) is 4. The highest BCUT2D eigenvalue weighted by Crippen LogP contribution is 2.22. The second-order valence-electron chi connectivity index (χ2n) is 4.62. The van der Waals surface area contributed by atoms with Gasteiger partial charge in [0.05, 0.1) is 6.54 Å². The maximum atomic E-state index is 8.69. The molecule has 1 heterocycles. The molecule has 0 radical (unpaired) electrons. The van der Waals surface area contributed by atoms with Crippen LogP contribution in [0.25, 0.3) is 0 Å². The van der Waals surface area contributed by atoms with E-state index in [1.54, 1.807) is 6.07 Å². The number of nitriles is 1. The van der Waals surface area contributed by atoms with Gasteiger partial charge in [-0.05, 0) is 42.8 Å². The van der Waals surface area contributed by atoms with Crippen molar-refractivity contribution >= 4 is 11.4 Å². The second kappa shape index (κ2) is 5.49. The maximum absolute atomic E-state index is 8.69. The fourth-order valence-electron chi connectivity index (χ4n) is 1.84. The van der Waals surface area contributed by atoms with Gasteiger partial charge in [0, 0.05) is 25.5 Å². The largest absolute Gasteiger partial charge is 0.449 e. The lowest BCUT2D eigenvalue weighted by atomic mass is 10.1. The summed E-state index contributed by atoms with van der Waals surface area (Å²) in [5, 5.41) is 12.0. The molecule has 1 aromatic heterocycles. The smallest absolute Gasteiger partial charge is 0.203 e. The van der Waals surface area contributed by atoms with Gasteiger partial charge in [-0.15, -0.1) is 0 Å². The van der Waals surface area contributed by atoms with Gasteiger partial charge in [0.1, 0.15) is 11.8 Å². The molecule has 0 bridgehead atoms. The Kier molecular flexibility index (Phi) is 3.76. The number of nitrogens with one attached hydrogen (secondary N) is 1. The molecule has 0 fully saturated rings. The third kappa shape index (κ3) is 3.08. The van der Waals surface area contributed by atoms with Gasteiger partial charge < -0.3 is 14.6 Å². The third-order valence-corrected chi connectivity index (χ3v) is 2.95. The van der Waals surface area contributed by atoms with Crippen molar-refractivity contribution in [3.63, 3.8) is 0 Å². The van der Waals surface area contributed by atoms with Crippen molar-refractivity contribution in [1.29, 1.82) is 5.26 Å². The molecule has 0 unspecified atom stereocenters. The van der Waals surface area contributed by atoms with Crippen LogP contribution < -0.4 is 10.2 Å². The van der Waals surface area contributed by atoms with Crippen molar-refractivity contribution in [3.8, 4) is 6.07 Å². The molecule has 0 saturated carbocycles. The summed E-state index contributed by atoms with van der Waals surface area (Å²) in [5.41, 5.74) is 3.42. The Labute approximate surface area is 113 Å². The lowest BCUT2D eigenvalue weighted by Gasteiger charge is -2.15. The van der Waals surface area contributed by atoms with E-state index >= 15 is 0 Å². The zero-order chi connectivity index (χ0) is 13.8. The van der Waals surface area contributed by atoms with E-state index in [0.29, 0.717) is 12.3 Å². The average molecular weight is 255 g/mol. The van der Waals surface area contributed by atoms with Crippen molar-refractivity contribution in [2.45, 2.75) is 13.5 Å². The summed E-state index contributed by atoms with van der Waals surface area (Å²) in [5.74, 6) is 1.10. The van der Waals surface area contributed by atoms with Crippen LogP contribution in [0.3, 0.4) is 0 Å². The molecular formula is C15H17N3O. The minimum absolute atomic E-state index is 0.344. The molecule has 2 rings (SSSR count). The van der Waals surface area contributed by atoms with Crippen LogP contribution in [-0.4, -0.2) is 14.1 Å². The quantitative estimate of drug-likeness (QED) is 0.911. The Bertz CT molecular complexity index is 608. The Morgan fingerprint density at radius 2 is 2.05 bits per heavy atom. The van der Waals surface area contributed by atoms with E-state index in [2.05, 4.69) is 35.3 Å². The number of aryl methyl sites for hydroxylation is 1. The first-order valence-electron chi connectivity index (χ1n) is 6.11. The van der Waals surface area contributed by atoms with Gasteiger partial charge in [-0.3, -0.25) is 0 Å². The molecule has 4 heteroatoms. The Hall–Kier alpha value is -2.41. The van der Waals surface area contributed by atoms with Gasteiger partial charge in [-0.2, -0.15) is 5.26 Å². The Balaban J connectivity index is 2.05. The molecule has 0 atom stereocenters. The second-order valence-corrected chi connectivity index (χ2v) is 4.62. The van der Waals surface area contributed by atoms with Crippen molar-refractivity contribution < 1.29 is 4.42 Å². The monoisotopic (exact) mass is 255 g/mol. The predicted octanol–water partition coefficient (Wildman–Crippen LogP) is 3.14. The Morgan fingerprint density at radius 3 is 2.63 bits per heavy atom. The first-order chi connectivity index (χ1) is 9.10. The highest BCUT2D eigenvalue weighted by Gasteiger charge is 2.04. The first kappa shape index (κ1) is 13.0. The van der Waals surface area contributed by atoms with Crippen molar-refractivity contribution in [3.05, 3.63) is 47.4 Å². The van der Waals surface area contributed by atoms with E-state index in [0.717, 1.165) is 11.4 Å². The number of nitrogens with zero attached hydrogens (tertiary/aromatic N) is 2. The standard InChI is InChI=1S/C15H17N3O/c1-11-8-12(18(2)3)4-7-15(11)17-10-14-6-5-13(9-16)19-14/h4-8,17H,10H2,1-3H3. The zero-order valence-electron chi connectivity index (χ0n) is 11.4. The summed E-state index contributed by atoms with van der Waals surface area (Å²) >= 11 is 0. The summed E-state index contributed by atoms with van der Waals surface area (Å²) < 4.78 is 5.32. The van der Waals surface area contributed by atoms with Crippen LogP contribution in [0.5, 0.6) is 0 Å². The molecule has 4 nitrogen and oxygen atoms in total. The van der Waals surface area contributed by atoms with Gasteiger partial charge in [0.2, 0.25) is 5.76 Å². The first-order valence-corrected chi connectivity index (χ1v) is 6.11. The van der Waals surface area contributed by atoms with Crippen molar-refractivity contribution in [1.82, 2.24) is 0 Å². The van der Waals surface area contributed by atoms with Crippen LogP contribution in [0.4, 0.5) is 11.4 Å². The molecular weight excluding hydrogens is 238 g/mol. The zero-order valence-corrected chi connectivity index (χ0v) is 11.4. The number of furan rings is 1. The van der Waals surface area contributed by atoms with Crippen LogP contribution >= 0.6 is 0 Å². The van der Waals surface area contributed by atoms with E-state index in [4.69, 9.17) is 9.68 Å². The molecule has 0 spiro atoms. The van der Waals surface area contributed by atoms with E-state index in [9.17, 15) is 0 Å². The highest BCUT2D eigenvalue weighted by atomic mass is 16.3. The molecule has 0 aliphatic heterocycles. The SMILES string of the molecule is Cc1cc(N(C)C)ccc1NCc1ccc(C#N)o1. The van der Waals surface area contributed by atoms with Crippen LogP contribution in [0.1, 0.15) is 17.1 Å². The predicted molar refractivity (Wildman–Crippen MR) is 76.3 cm³/mol. The van der Waals surface area contributed by atoms with E-state index < -0.39 is 0 Å². The molecule has 2 aromatic rings. The molecule has 0 aliphatic carbocycles. The van der Waals surface area contributed by atoms with Crippen LogP contribution in [0.2, 0.25) is 0 Å².